The average molecular weight is 211 g/mol. The van der Waals surface area contributed by atoms with E-state index in [1.807, 2.05) is 0 Å². The second kappa shape index (κ2) is 4.80. The first-order valence-corrected chi connectivity index (χ1v) is 4.51. The Kier molecular flexibility index (Phi) is 3.69. The van der Waals surface area contributed by atoms with Crippen LogP contribution in [0.1, 0.15) is 18.1 Å². The summed E-state index contributed by atoms with van der Waals surface area (Å²) in [4.78, 5) is 13.3. The molecule has 0 saturated carbocycles. The Morgan fingerprint density at radius 2 is 1.93 bits per heavy atom. The third kappa shape index (κ3) is 4.00. The van der Waals surface area contributed by atoms with Gasteiger partial charge in [-0.3, -0.25) is 0 Å². The number of benzene rings is 1. The Labute approximate surface area is 86.6 Å². The number of rotatable bonds is 4. The van der Waals surface area contributed by atoms with Crippen LogP contribution in [0, 0.1) is 0 Å². The van der Waals surface area contributed by atoms with E-state index in [9.17, 15) is 13.6 Å². The molecule has 0 amide bonds. The lowest BCUT2D eigenvalue weighted by Gasteiger charge is -2.12. The molecular weight excluding hydrogens is 200 g/mol. The molecule has 0 spiro atoms. The van der Waals surface area contributed by atoms with Gasteiger partial charge in [0.25, 0.3) is 0 Å². The second-order valence-corrected chi connectivity index (χ2v) is 3.42. The van der Waals surface area contributed by atoms with Crippen LogP contribution in [0.4, 0.5) is 8.78 Å². The summed E-state index contributed by atoms with van der Waals surface area (Å²) in [5, 5.41) is 0. The van der Waals surface area contributed by atoms with Gasteiger partial charge in [0.1, 0.15) is 0 Å². The zero-order valence-electron chi connectivity index (χ0n) is 8.34. The molecule has 0 aromatic heterocycles. The highest BCUT2D eigenvalue weighted by molar-refractivity contribution is 5.35. The van der Waals surface area contributed by atoms with Crippen LogP contribution < -0.4 is 0 Å². The van der Waals surface area contributed by atoms with Gasteiger partial charge in [-0.25, -0.2) is 18.6 Å². The molecule has 0 bridgehead atoms. The summed E-state index contributed by atoms with van der Waals surface area (Å²) in [5.41, 5.74) is 1.16. The molecule has 1 aromatic rings. The van der Waals surface area contributed by atoms with Gasteiger partial charge in [-0.05, 0) is 18.1 Å². The summed E-state index contributed by atoms with van der Waals surface area (Å²) in [6.45, 7) is 0.975. The molecule has 0 radical (unpaired) electrons. The SMILES string of the molecule is CC(F)(F)Cc1ccccc1CN=C=O. The first-order chi connectivity index (χ1) is 7.03. The normalized spacial score (nSPS) is 10.9. The van der Waals surface area contributed by atoms with Gasteiger partial charge in [0.05, 0.1) is 6.54 Å². The molecule has 1 rings (SSSR count). The molecular formula is C11H11F2NO. The maximum absolute atomic E-state index is 12.8. The van der Waals surface area contributed by atoms with Gasteiger partial charge in [0.2, 0.25) is 12.0 Å². The summed E-state index contributed by atoms with van der Waals surface area (Å²) in [6.07, 6.45) is 1.06. The summed E-state index contributed by atoms with van der Waals surface area (Å²) in [7, 11) is 0. The molecule has 0 unspecified atom stereocenters. The minimum Gasteiger partial charge on any atom is -0.211 e. The molecule has 0 aliphatic rings. The van der Waals surface area contributed by atoms with Gasteiger partial charge in [0.15, 0.2) is 0 Å². The first-order valence-electron chi connectivity index (χ1n) is 4.51. The van der Waals surface area contributed by atoms with Crippen LogP contribution in [-0.2, 0) is 17.8 Å². The summed E-state index contributed by atoms with van der Waals surface area (Å²) in [6, 6.07) is 6.72. The minimum atomic E-state index is -2.75. The Balaban J connectivity index is 2.90. The van der Waals surface area contributed by atoms with Crippen LogP contribution in [0.25, 0.3) is 0 Å². The van der Waals surface area contributed by atoms with Crippen LogP contribution in [0.3, 0.4) is 0 Å². The van der Waals surface area contributed by atoms with Crippen molar-refractivity contribution in [1.29, 1.82) is 0 Å². The molecule has 0 N–H and O–H groups in total. The number of alkyl halides is 2. The van der Waals surface area contributed by atoms with Crippen LogP contribution >= 0.6 is 0 Å². The first kappa shape index (κ1) is 11.5. The van der Waals surface area contributed by atoms with Crippen LogP contribution in [0.2, 0.25) is 0 Å². The third-order valence-electron chi connectivity index (χ3n) is 1.93. The predicted octanol–water partition coefficient (Wildman–Crippen LogP) is 2.72. The van der Waals surface area contributed by atoms with Crippen molar-refractivity contribution in [3.05, 3.63) is 35.4 Å². The lowest BCUT2D eigenvalue weighted by Crippen LogP contribution is -2.14. The van der Waals surface area contributed by atoms with E-state index < -0.39 is 5.92 Å². The Morgan fingerprint density at radius 1 is 1.33 bits per heavy atom. The van der Waals surface area contributed by atoms with E-state index in [4.69, 9.17) is 0 Å². The highest BCUT2D eigenvalue weighted by Crippen LogP contribution is 2.21. The smallest absolute Gasteiger partial charge is 0.211 e. The number of carbonyl (C=O) groups excluding carboxylic acids is 1. The monoisotopic (exact) mass is 211 g/mol. The largest absolute Gasteiger partial charge is 0.249 e. The van der Waals surface area contributed by atoms with Crippen molar-refractivity contribution in [2.75, 3.05) is 0 Å². The molecule has 1 aromatic carbocycles. The van der Waals surface area contributed by atoms with E-state index in [0.717, 1.165) is 6.92 Å². The lowest BCUT2D eigenvalue weighted by molar-refractivity contribution is 0.0224. The standard InChI is InChI=1S/C11H11F2NO/c1-11(12,13)6-9-4-2-3-5-10(9)7-14-8-15/h2-5H,6-7H2,1H3. The molecule has 0 aliphatic heterocycles. The van der Waals surface area contributed by atoms with Gasteiger partial charge in [-0.2, -0.15) is 0 Å². The molecule has 0 aliphatic carbocycles. The molecule has 4 heteroatoms. The number of hydrogen-bond acceptors (Lipinski definition) is 2. The summed E-state index contributed by atoms with van der Waals surface area (Å²) in [5.74, 6) is -2.75. The number of isocyanates is 1. The fraction of sp³-hybridized carbons (Fsp3) is 0.364. The highest BCUT2D eigenvalue weighted by Gasteiger charge is 2.22. The third-order valence-corrected chi connectivity index (χ3v) is 1.93. The van der Waals surface area contributed by atoms with Gasteiger partial charge >= 0.3 is 0 Å². The Morgan fingerprint density at radius 3 is 2.47 bits per heavy atom. The molecule has 80 valence electrons. The van der Waals surface area contributed by atoms with Crippen molar-refractivity contribution in [3.63, 3.8) is 0 Å². The molecule has 2 nitrogen and oxygen atoms in total. The van der Waals surface area contributed by atoms with Crippen LogP contribution in [0.5, 0.6) is 0 Å². The maximum Gasteiger partial charge on any atom is 0.249 e. The number of hydrogen-bond donors (Lipinski definition) is 0. The van der Waals surface area contributed by atoms with E-state index in [-0.39, 0.29) is 13.0 Å². The number of aliphatic imine (C=N–C) groups is 1. The van der Waals surface area contributed by atoms with Gasteiger partial charge in [-0.15, -0.1) is 0 Å². The number of nitrogens with zero attached hydrogens (tertiary/aromatic N) is 1. The number of halogens is 2. The van der Waals surface area contributed by atoms with Gasteiger partial charge in [0, 0.05) is 6.42 Å². The van der Waals surface area contributed by atoms with Crippen molar-refractivity contribution >= 4 is 6.08 Å². The van der Waals surface area contributed by atoms with Crippen LogP contribution in [0.15, 0.2) is 29.3 Å². The molecule has 0 fully saturated rings. The van der Waals surface area contributed by atoms with Crippen molar-refractivity contribution in [2.24, 2.45) is 4.99 Å². The van der Waals surface area contributed by atoms with Crippen molar-refractivity contribution in [3.8, 4) is 0 Å². The molecule has 0 saturated heterocycles. The topological polar surface area (TPSA) is 29.4 Å². The van der Waals surface area contributed by atoms with Crippen LogP contribution in [-0.4, -0.2) is 12.0 Å². The van der Waals surface area contributed by atoms with E-state index >= 15 is 0 Å². The molecule has 15 heavy (non-hydrogen) atoms. The predicted molar refractivity (Wildman–Crippen MR) is 52.6 cm³/mol. The van der Waals surface area contributed by atoms with E-state index in [1.165, 1.54) is 6.08 Å². The van der Waals surface area contributed by atoms with E-state index in [0.29, 0.717) is 11.1 Å². The molecule has 0 heterocycles. The Hall–Kier alpha value is -1.54. The zero-order valence-corrected chi connectivity index (χ0v) is 8.34. The van der Waals surface area contributed by atoms with E-state index in [2.05, 4.69) is 4.99 Å². The quantitative estimate of drug-likeness (QED) is 0.556. The zero-order chi connectivity index (χ0) is 11.3. The minimum absolute atomic E-state index is 0.107. The fourth-order valence-corrected chi connectivity index (χ4v) is 1.34. The van der Waals surface area contributed by atoms with Gasteiger partial charge in [-0.1, -0.05) is 24.3 Å². The average Bonchev–Trinajstić information content (AvgIpc) is 2.14. The van der Waals surface area contributed by atoms with Crippen molar-refractivity contribution < 1.29 is 13.6 Å². The van der Waals surface area contributed by atoms with E-state index in [1.54, 1.807) is 24.3 Å². The highest BCUT2D eigenvalue weighted by atomic mass is 19.3. The second-order valence-electron chi connectivity index (χ2n) is 3.42. The Bertz CT molecular complexity index is 378. The summed E-state index contributed by atoms with van der Waals surface area (Å²) >= 11 is 0. The lowest BCUT2D eigenvalue weighted by atomic mass is 10.0. The summed E-state index contributed by atoms with van der Waals surface area (Å²) < 4.78 is 25.6. The maximum atomic E-state index is 12.8. The van der Waals surface area contributed by atoms with Crippen molar-refractivity contribution in [1.82, 2.24) is 0 Å². The fourth-order valence-electron chi connectivity index (χ4n) is 1.34. The van der Waals surface area contributed by atoms with Gasteiger partial charge < -0.3 is 0 Å². The van der Waals surface area contributed by atoms with Crippen molar-refractivity contribution in [2.45, 2.75) is 25.8 Å². The molecule has 0 atom stereocenters.